The topological polar surface area (TPSA) is 145 Å². The molecule has 12 heteroatoms. The van der Waals surface area contributed by atoms with Gasteiger partial charge in [0.05, 0.1) is 57.1 Å². The Morgan fingerprint density at radius 2 is 1.33 bits per heavy atom. The first kappa shape index (κ1) is 26.6. The Bertz CT molecular complexity index is 2000. The van der Waals surface area contributed by atoms with Crippen LogP contribution in [-0.4, -0.2) is 38.1 Å². The van der Waals surface area contributed by atoms with E-state index in [0.29, 0.717) is 52.4 Å². The Kier molecular flexibility index (Phi) is 6.67. The normalized spacial score (nSPS) is 14.8. The SMILES string of the molecule is Nc1c(OCC2CC2)c(Cl)cc2c1[nH]c1cnccc12.O=[N+]([O-])c1c(OCC2CC2)c(Cl)cc2c1[nH]c1cnccc12. The molecule has 0 unspecified atom stereocenters. The van der Waals surface area contributed by atoms with Gasteiger partial charge in [0.2, 0.25) is 5.75 Å². The van der Waals surface area contributed by atoms with Crippen LogP contribution in [0, 0.1) is 22.0 Å². The average molecular weight is 605 g/mol. The summed E-state index contributed by atoms with van der Waals surface area (Å²) in [6.07, 6.45) is 11.5. The molecule has 2 aromatic carbocycles. The number of nitro benzene ring substituents is 1. The van der Waals surface area contributed by atoms with Gasteiger partial charge in [0.25, 0.3) is 0 Å². The van der Waals surface area contributed by atoms with Gasteiger partial charge in [0.1, 0.15) is 11.2 Å². The van der Waals surface area contributed by atoms with Crippen molar-refractivity contribution in [3.8, 4) is 11.5 Å². The summed E-state index contributed by atoms with van der Waals surface area (Å²) in [4.78, 5) is 25.6. The molecule has 4 aromatic heterocycles. The van der Waals surface area contributed by atoms with Gasteiger partial charge in [-0.3, -0.25) is 20.1 Å². The summed E-state index contributed by atoms with van der Waals surface area (Å²) < 4.78 is 11.5. The first-order valence-corrected chi connectivity index (χ1v) is 14.5. The highest BCUT2D eigenvalue weighted by Crippen LogP contribution is 2.44. The highest BCUT2D eigenvalue weighted by Gasteiger charge is 2.29. The summed E-state index contributed by atoms with van der Waals surface area (Å²) in [5.41, 5.74) is 9.66. The van der Waals surface area contributed by atoms with E-state index in [1.807, 2.05) is 12.1 Å². The lowest BCUT2D eigenvalue weighted by Gasteiger charge is -2.11. The van der Waals surface area contributed by atoms with Gasteiger partial charge in [-0.1, -0.05) is 23.2 Å². The van der Waals surface area contributed by atoms with Gasteiger partial charge in [-0.15, -0.1) is 0 Å². The van der Waals surface area contributed by atoms with Crippen LogP contribution in [0.4, 0.5) is 11.4 Å². The number of rotatable bonds is 7. The summed E-state index contributed by atoms with van der Waals surface area (Å²) in [6, 6.07) is 7.38. The summed E-state index contributed by atoms with van der Waals surface area (Å²) in [6.45, 7) is 1.16. The maximum atomic E-state index is 11.6. The molecule has 0 bridgehead atoms. The minimum Gasteiger partial charge on any atom is -0.489 e. The lowest BCUT2D eigenvalue weighted by atomic mass is 10.1. The van der Waals surface area contributed by atoms with Crippen molar-refractivity contribution in [1.82, 2.24) is 19.9 Å². The van der Waals surface area contributed by atoms with E-state index >= 15 is 0 Å². The van der Waals surface area contributed by atoms with Crippen molar-refractivity contribution >= 4 is 78.2 Å². The number of ether oxygens (including phenoxy) is 2. The van der Waals surface area contributed by atoms with E-state index in [1.165, 1.54) is 12.8 Å². The van der Waals surface area contributed by atoms with Crippen molar-refractivity contribution in [3.63, 3.8) is 0 Å². The molecule has 2 aliphatic carbocycles. The van der Waals surface area contributed by atoms with E-state index in [2.05, 4.69) is 19.9 Å². The number of anilines is 1. The number of aromatic nitrogens is 4. The van der Waals surface area contributed by atoms with Crippen molar-refractivity contribution in [2.24, 2.45) is 11.8 Å². The first-order chi connectivity index (χ1) is 20.4. The second-order valence-electron chi connectivity index (χ2n) is 10.8. The number of fused-ring (bicyclic) bond motifs is 6. The minimum atomic E-state index is -0.445. The van der Waals surface area contributed by atoms with Crippen molar-refractivity contribution in [2.45, 2.75) is 25.7 Å². The molecule has 4 heterocycles. The van der Waals surface area contributed by atoms with Crippen LogP contribution in [0.25, 0.3) is 43.6 Å². The van der Waals surface area contributed by atoms with E-state index in [4.69, 9.17) is 38.4 Å². The predicted molar refractivity (Wildman–Crippen MR) is 165 cm³/mol. The van der Waals surface area contributed by atoms with Gasteiger partial charge >= 0.3 is 5.69 Å². The Balaban J connectivity index is 0.000000138. The molecule has 4 N–H and O–H groups in total. The molecular formula is C30H26Cl2N6O4. The third kappa shape index (κ3) is 4.90. The highest BCUT2D eigenvalue weighted by atomic mass is 35.5. The van der Waals surface area contributed by atoms with Crippen molar-refractivity contribution in [2.75, 3.05) is 18.9 Å². The zero-order valence-corrected chi connectivity index (χ0v) is 23.8. The predicted octanol–water partition coefficient (Wildman–Crippen LogP) is 7.81. The molecule has 2 fully saturated rings. The summed E-state index contributed by atoms with van der Waals surface area (Å²) in [5.74, 6) is 1.88. The van der Waals surface area contributed by atoms with Crippen LogP contribution in [-0.2, 0) is 0 Å². The highest BCUT2D eigenvalue weighted by molar-refractivity contribution is 6.35. The number of nitro groups is 1. The van der Waals surface area contributed by atoms with Crippen molar-refractivity contribution in [1.29, 1.82) is 0 Å². The van der Waals surface area contributed by atoms with E-state index in [1.54, 1.807) is 36.9 Å². The molecule has 214 valence electrons. The summed E-state index contributed by atoms with van der Waals surface area (Å²) in [7, 11) is 0. The molecule has 8 rings (SSSR count). The molecule has 0 aliphatic heterocycles. The zero-order valence-electron chi connectivity index (χ0n) is 22.3. The Morgan fingerprint density at radius 3 is 1.88 bits per heavy atom. The lowest BCUT2D eigenvalue weighted by molar-refractivity contribution is -0.384. The zero-order chi connectivity index (χ0) is 29.0. The number of hydrogen-bond acceptors (Lipinski definition) is 7. The smallest absolute Gasteiger partial charge is 0.336 e. The summed E-state index contributed by atoms with van der Waals surface area (Å²) in [5, 5.41) is 16.0. The monoisotopic (exact) mass is 604 g/mol. The van der Waals surface area contributed by atoms with Crippen LogP contribution >= 0.6 is 23.2 Å². The van der Waals surface area contributed by atoms with E-state index in [0.717, 1.165) is 45.6 Å². The number of nitrogens with zero attached hydrogens (tertiary/aromatic N) is 3. The average Bonchev–Trinajstić information content (AvgIpc) is 3.91. The second kappa shape index (κ2) is 10.5. The quantitative estimate of drug-likeness (QED) is 0.0956. The first-order valence-electron chi connectivity index (χ1n) is 13.7. The molecule has 2 saturated carbocycles. The minimum absolute atomic E-state index is 0.112. The molecule has 10 nitrogen and oxygen atoms in total. The molecule has 0 saturated heterocycles. The Morgan fingerprint density at radius 1 is 0.833 bits per heavy atom. The van der Waals surface area contributed by atoms with Crippen molar-refractivity contribution in [3.05, 3.63) is 69.2 Å². The number of benzene rings is 2. The molecule has 0 atom stereocenters. The number of pyridine rings is 2. The number of nitrogens with two attached hydrogens (primary N) is 1. The Labute approximate surface area is 249 Å². The van der Waals surface area contributed by atoms with Crippen LogP contribution in [0.5, 0.6) is 11.5 Å². The van der Waals surface area contributed by atoms with Crippen LogP contribution in [0.15, 0.2) is 49.1 Å². The number of aromatic amines is 2. The largest absolute Gasteiger partial charge is 0.489 e. The maximum Gasteiger partial charge on any atom is 0.336 e. The van der Waals surface area contributed by atoms with Gasteiger partial charge in [0.15, 0.2) is 5.75 Å². The van der Waals surface area contributed by atoms with Crippen LogP contribution < -0.4 is 15.2 Å². The van der Waals surface area contributed by atoms with Gasteiger partial charge in [0, 0.05) is 33.9 Å². The van der Waals surface area contributed by atoms with Crippen LogP contribution in [0.3, 0.4) is 0 Å². The number of nitrogen functional groups attached to an aromatic ring is 1. The van der Waals surface area contributed by atoms with Crippen molar-refractivity contribution < 1.29 is 14.4 Å². The molecule has 6 aromatic rings. The molecule has 2 aliphatic rings. The number of nitrogens with one attached hydrogen (secondary N) is 2. The fourth-order valence-electron chi connectivity index (χ4n) is 5.11. The van der Waals surface area contributed by atoms with Crippen LogP contribution in [0.2, 0.25) is 10.0 Å². The maximum absolute atomic E-state index is 11.6. The van der Waals surface area contributed by atoms with Gasteiger partial charge in [-0.05, 0) is 61.8 Å². The number of hydrogen-bond donors (Lipinski definition) is 3. The molecular weight excluding hydrogens is 579 g/mol. The fraction of sp³-hybridized carbons (Fsp3) is 0.267. The molecule has 0 spiro atoms. The molecule has 0 radical (unpaired) electrons. The molecule has 42 heavy (non-hydrogen) atoms. The van der Waals surface area contributed by atoms with E-state index < -0.39 is 4.92 Å². The number of H-pyrrole nitrogens is 2. The van der Waals surface area contributed by atoms with Gasteiger partial charge in [-0.25, -0.2) is 0 Å². The van der Waals surface area contributed by atoms with Gasteiger partial charge < -0.3 is 25.2 Å². The second-order valence-corrected chi connectivity index (χ2v) is 11.7. The fourth-order valence-corrected chi connectivity index (χ4v) is 5.63. The molecule has 0 amide bonds. The standard InChI is InChI=1S/C15H12ClN3O3.C15H14ClN3O/c16-11-5-10-9-3-4-17-6-12(9)18-13(10)14(19(20)21)15(11)22-7-8-1-2-8;16-11-5-10-9-3-4-18-6-12(9)19-14(10)13(17)15(11)20-7-8-1-2-8/h3-6,8,18H,1-2,7H2;3-6,8,19H,1-2,7,17H2. The van der Waals surface area contributed by atoms with Crippen LogP contribution in [0.1, 0.15) is 25.7 Å². The van der Waals surface area contributed by atoms with Gasteiger partial charge in [-0.2, -0.15) is 0 Å². The lowest BCUT2D eigenvalue weighted by Crippen LogP contribution is -2.03. The van der Waals surface area contributed by atoms with E-state index in [-0.39, 0.29) is 16.5 Å². The van der Waals surface area contributed by atoms with E-state index in [9.17, 15) is 10.1 Å². The summed E-state index contributed by atoms with van der Waals surface area (Å²) >= 11 is 12.6. The third-order valence-corrected chi connectivity index (χ3v) is 8.29. The Hall–Kier alpha value is -4.28. The number of halogens is 2. The third-order valence-electron chi connectivity index (χ3n) is 7.73.